The molecule has 0 bridgehead atoms. The van der Waals surface area contributed by atoms with Crippen LogP contribution in [0.5, 0.6) is 0 Å². The van der Waals surface area contributed by atoms with Crippen molar-refractivity contribution in [3.8, 4) is 56.8 Å². The van der Waals surface area contributed by atoms with Crippen molar-refractivity contribution < 1.29 is 8.83 Å². The lowest BCUT2D eigenvalue weighted by Gasteiger charge is -2.11. The van der Waals surface area contributed by atoms with Crippen LogP contribution in [0.4, 0.5) is 0 Å². The predicted octanol–water partition coefficient (Wildman–Crippen LogP) is 13.2. The molecule has 0 fully saturated rings. The topological polar surface area (TPSA) is 90.7 Å². The zero-order chi connectivity index (χ0) is 37.5. The molecule has 7 nitrogen and oxygen atoms in total. The van der Waals surface area contributed by atoms with Gasteiger partial charge in [0.2, 0.25) is 0 Å². The Bertz CT molecular complexity index is 3540. The van der Waals surface area contributed by atoms with Crippen molar-refractivity contribution in [1.82, 2.24) is 24.9 Å². The Hall–Kier alpha value is -7.55. The minimum atomic E-state index is 0.541. The lowest BCUT2D eigenvalue weighted by molar-refractivity contribution is 0.668. The molecule has 0 aliphatic rings. The van der Waals surface area contributed by atoms with Crippen molar-refractivity contribution in [3.63, 3.8) is 0 Å². The molecule has 266 valence electrons. The summed E-state index contributed by atoms with van der Waals surface area (Å²) in [5.41, 5.74) is 9.41. The first kappa shape index (κ1) is 31.8. The van der Waals surface area contributed by atoms with Crippen LogP contribution in [-0.2, 0) is 0 Å². The second kappa shape index (κ2) is 12.5. The average molecular weight is 750 g/mol. The molecule has 0 radical (unpaired) electrons. The van der Waals surface area contributed by atoms with Gasteiger partial charge in [0.05, 0.1) is 15.9 Å². The summed E-state index contributed by atoms with van der Waals surface area (Å²) < 4.78 is 15.0. The lowest BCUT2D eigenvalue weighted by atomic mass is 9.99. The van der Waals surface area contributed by atoms with E-state index in [0.717, 1.165) is 97.7 Å². The van der Waals surface area contributed by atoms with E-state index in [1.54, 1.807) is 11.3 Å². The molecule has 5 aromatic heterocycles. The highest BCUT2D eigenvalue weighted by Crippen LogP contribution is 2.45. The van der Waals surface area contributed by atoms with Crippen molar-refractivity contribution in [3.05, 3.63) is 164 Å². The Balaban J connectivity index is 1.13. The fourth-order valence-electron chi connectivity index (χ4n) is 7.95. The maximum absolute atomic E-state index is 6.65. The molecular formula is C49H27N5O2S. The summed E-state index contributed by atoms with van der Waals surface area (Å²) in [6, 6.07) is 55.1. The van der Waals surface area contributed by atoms with Crippen LogP contribution in [-0.4, -0.2) is 24.9 Å². The first-order chi connectivity index (χ1) is 28.2. The van der Waals surface area contributed by atoms with Gasteiger partial charge in [-0.15, -0.1) is 11.3 Å². The van der Waals surface area contributed by atoms with Gasteiger partial charge in [0.15, 0.2) is 23.3 Å². The molecule has 0 N–H and O–H groups in total. The molecule has 0 spiro atoms. The van der Waals surface area contributed by atoms with E-state index in [1.165, 1.54) is 0 Å². The highest BCUT2D eigenvalue weighted by Gasteiger charge is 2.24. The van der Waals surface area contributed by atoms with E-state index in [1.807, 2.05) is 103 Å². The van der Waals surface area contributed by atoms with Crippen LogP contribution in [0.1, 0.15) is 0 Å². The summed E-state index contributed by atoms with van der Waals surface area (Å²) in [5, 5.41) is 5.00. The van der Waals surface area contributed by atoms with Gasteiger partial charge in [-0.2, -0.15) is 0 Å². The number of rotatable bonds is 5. The zero-order valence-corrected chi connectivity index (χ0v) is 30.9. The van der Waals surface area contributed by atoms with Crippen LogP contribution in [0.25, 0.3) is 121 Å². The second-order valence-electron chi connectivity index (χ2n) is 14.0. The van der Waals surface area contributed by atoms with Gasteiger partial charge in [-0.1, -0.05) is 121 Å². The quantitative estimate of drug-likeness (QED) is 0.173. The smallest absolute Gasteiger partial charge is 0.164 e. The summed E-state index contributed by atoms with van der Waals surface area (Å²) in [6.07, 6.45) is 0. The number of hydrogen-bond acceptors (Lipinski definition) is 8. The monoisotopic (exact) mass is 749 g/mol. The molecule has 0 atom stereocenters. The Kier molecular flexibility index (Phi) is 6.96. The standard InChI is InChI=1S/C49H27N5O2S/c1-3-13-28(14-4-1)46-50-43-32-18-8-10-24-40(32)57-45(43)44(51-46)33-19-11-22-38-41(33)42-34(20-12-23-39(42)56-38)49-53-47(29-15-5-2-6-16-29)52-48(54-49)30-25-26-37-35(27-30)31-17-7-9-21-36(31)55-37/h1-27H. The van der Waals surface area contributed by atoms with Gasteiger partial charge >= 0.3 is 0 Å². The van der Waals surface area contributed by atoms with Crippen LogP contribution >= 0.6 is 11.3 Å². The van der Waals surface area contributed by atoms with Crippen molar-refractivity contribution in [2.45, 2.75) is 0 Å². The third kappa shape index (κ3) is 5.08. The lowest BCUT2D eigenvalue weighted by Crippen LogP contribution is -2.00. The second-order valence-corrected chi connectivity index (χ2v) is 15.0. The van der Waals surface area contributed by atoms with Gasteiger partial charge in [0, 0.05) is 59.4 Å². The van der Waals surface area contributed by atoms with Crippen molar-refractivity contribution in [1.29, 1.82) is 0 Å². The Morgan fingerprint density at radius 2 is 0.930 bits per heavy atom. The molecule has 12 rings (SSSR count). The van der Waals surface area contributed by atoms with Gasteiger partial charge in [-0.3, -0.25) is 0 Å². The first-order valence-electron chi connectivity index (χ1n) is 18.7. The molecule has 0 saturated carbocycles. The highest BCUT2D eigenvalue weighted by atomic mass is 32.1. The van der Waals surface area contributed by atoms with Crippen LogP contribution in [0.2, 0.25) is 0 Å². The van der Waals surface area contributed by atoms with Crippen LogP contribution in [0, 0.1) is 0 Å². The van der Waals surface area contributed by atoms with E-state index in [0.29, 0.717) is 23.3 Å². The number of fused-ring (bicyclic) bond motifs is 9. The van der Waals surface area contributed by atoms with Gasteiger partial charge in [-0.05, 0) is 42.5 Å². The van der Waals surface area contributed by atoms with Crippen LogP contribution < -0.4 is 0 Å². The molecule has 7 aromatic carbocycles. The summed E-state index contributed by atoms with van der Waals surface area (Å²) >= 11 is 1.71. The van der Waals surface area contributed by atoms with Crippen molar-refractivity contribution in [2.75, 3.05) is 0 Å². The summed E-state index contributed by atoms with van der Waals surface area (Å²) in [7, 11) is 0. The third-order valence-corrected chi connectivity index (χ3v) is 11.7. The summed E-state index contributed by atoms with van der Waals surface area (Å²) in [6.45, 7) is 0. The van der Waals surface area contributed by atoms with Gasteiger partial charge in [0.1, 0.15) is 22.3 Å². The first-order valence-corrected chi connectivity index (χ1v) is 19.5. The molecule has 0 amide bonds. The Labute approximate surface area is 328 Å². The number of thiophene rings is 1. The van der Waals surface area contributed by atoms with E-state index in [4.69, 9.17) is 33.8 Å². The molecule has 0 aliphatic heterocycles. The number of furan rings is 2. The van der Waals surface area contributed by atoms with E-state index < -0.39 is 0 Å². The number of para-hydroxylation sites is 1. The number of benzene rings is 7. The number of hydrogen-bond donors (Lipinski definition) is 0. The van der Waals surface area contributed by atoms with Crippen molar-refractivity contribution in [2.24, 2.45) is 0 Å². The number of nitrogens with zero attached hydrogens (tertiary/aromatic N) is 5. The van der Waals surface area contributed by atoms with Gasteiger partial charge < -0.3 is 8.83 Å². The number of aromatic nitrogens is 5. The fraction of sp³-hybridized carbons (Fsp3) is 0. The predicted molar refractivity (Wildman–Crippen MR) is 230 cm³/mol. The highest BCUT2D eigenvalue weighted by molar-refractivity contribution is 7.26. The molecular weight excluding hydrogens is 723 g/mol. The normalized spacial score (nSPS) is 11.9. The van der Waals surface area contributed by atoms with Crippen LogP contribution in [0.15, 0.2) is 173 Å². The van der Waals surface area contributed by atoms with E-state index in [2.05, 4.69) is 60.7 Å². The van der Waals surface area contributed by atoms with Gasteiger partial charge in [-0.25, -0.2) is 24.9 Å². The zero-order valence-electron chi connectivity index (χ0n) is 30.0. The van der Waals surface area contributed by atoms with E-state index in [-0.39, 0.29) is 0 Å². The molecule has 8 heteroatoms. The Morgan fingerprint density at radius 1 is 0.368 bits per heavy atom. The Morgan fingerprint density at radius 3 is 1.70 bits per heavy atom. The molecule has 0 saturated heterocycles. The SMILES string of the molecule is c1ccc(-c2nc(-c3ccc4oc5ccccc5c4c3)nc(-c3cccc4oc5cccc(-c6nc(-c7ccccc7)nc7c6sc6ccccc67)c5c34)n2)cc1. The maximum atomic E-state index is 6.65. The summed E-state index contributed by atoms with van der Waals surface area (Å²) in [5.74, 6) is 2.35. The minimum absolute atomic E-state index is 0.541. The largest absolute Gasteiger partial charge is 0.456 e. The molecule has 57 heavy (non-hydrogen) atoms. The van der Waals surface area contributed by atoms with Crippen LogP contribution in [0.3, 0.4) is 0 Å². The van der Waals surface area contributed by atoms with Gasteiger partial charge in [0.25, 0.3) is 0 Å². The van der Waals surface area contributed by atoms with Crippen molar-refractivity contribution >= 4 is 75.5 Å². The van der Waals surface area contributed by atoms with E-state index in [9.17, 15) is 0 Å². The third-order valence-electron chi connectivity index (χ3n) is 10.6. The minimum Gasteiger partial charge on any atom is -0.456 e. The van der Waals surface area contributed by atoms with E-state index >= 15 is 0 Å². The molecule has 0 aliphatic carbocycles. The fourth-order valence-corrected chi connectivity index (χ4v) is 9.09. The summed E-state index contributed by atoms with van der Waals surface area (Å²) in [4.78, 5) is 26.0. The molecule has 0 unspecified atom stereocenters. The maximum Gasteiger partial charge on any atom is 0.164 e. The molecule has 12 aromatic rings. The molecule has 5 heterocycles. The average Bonchev–Trinajstić information content (AvgIpc) is 3.98.